The third-order valence-electron chi connectivity index (χ3n) is 2.95. The molecule has 0 fully saturated rings. The molecule has 2 aromatic rings. The number of anilines is 1. The quantitative estimate of drug-likeness (QED) is 0.768. The van der Waals surface area contributed by atoms with E-state index in [4.69, 9.17) is 12.2 Å². The van der Waals surface area contributed by atoms with Gasteiger partial charge in [0.05, 0.1) is 0 Å². The van der Waals surface area contributed by atoms with Gasteiger partial charge in [0, 0.05) is 11.8 Å². The number of benzene rings is 1. The highest BCUT2D eigenvalue weighted by Crippen LogP contribution is 2.20. The number of nitrogens with zero attached hydrogens (tertiary/aromatic N) is 2. The highest BCUT2D eigenvalue weighted by atomic mass is 32.1. The Morgan fingerprint density at radius 2 is 2.05 bits per heavy atom. The monoisotopic (exact) mass is 272 g/mol. The highest BCUT2D eigenvalue weighted by Gasteiger charge is 2.25. The number of hydrogen-bond donors (Lipinski definition) is 2. The molecule has 19 heavy (non-hydrogen) atoms. The molecule has 1 aromatic carbocycles. The summed E-state index contributed by atoms with van der Waals surface area (Å²) in [5.41, 5.74) is 1.51. The smallest absolute Gasteiger partial charge is 0.257 e. The number of aromatic nitrogens is 2. The second-order valence-corrected chi connectivity index (χ2v) is 4.75. The van der Waals surface area contributed by atoms with E-state index >= 15 is 0 Å². The van der Waals surface area contributed by atoms with Crippen LogP contribution in [-0.2, 0) is 0 Å². The summed E-state index contributed by atoms with van der Waals surface area (Å²) in [6, 6.07) is 11.2. The van der Waals surface area contributed by atoms with E-state index in [1.807, 2.05) is 30.3 Å². The lowest BCUT2D eigenvalue weighted by Crippen LogP contribution is -2.47. The van der Waals surface area contributed by atoms with Gasteiger partial charge in [-0.25, -0.2) is 4.98 Å². The molecule has 0 bridgehead atoms. The molecule has 0 saturated carbocycles. The minimum atomic E-state index is -0.328. The summed E-state index contributed by atoms with van der Waals surface area (Å²) < 4.78 is 1.57. The van der Waals surface area contributed by atoms with E-state index in [0.29, 0.717) is 16.8 Å². The Kier molecular flexibility index (Phi) is 2.79. The van der Waals surface area contributed by atoms with Crippen LogP contribution in [-0.4, -0.2) is 14.7 Å². The summed E-state index contributed by atoms with van der Waals surface area (Å²) in [6.45, 7) is 1.78. The molecule has 1 aliphatic heterocycles. The first kappa shape index (κ1) is 11.9. The first-order valence-corrected chi connectivity index (χ1v) is 6.28. The molecule has 0 radical (unpaired) electrons. The molecule has 0 aliphatic carbocycles. The molecule has 3 rings (SSSR count). The predicted molar refractivity (Wildman–Crippen MR) is 77.2 cm³/mol. The predicted octanol–water partition coefficient (Wildman–Crippen LogP) is 1.40. The van der Waals surface area contributed by atoms with Gasteiger partial charge < -0.3 is 10.6 Å². The largest absolute Gasteiger partial charge is 0.338 e. The zero-order valence-corrected chi connectivity index (χ0v) is 11.1. The van der Waals surface area contributed by atoms with Crippen molar-refractivity contribution in [2.75, 3.05) is 5.32 Å². The van der Waals surface area contributed by atoms with Crippen LogP contribution in [0.3, 0.4) is 0 Å². The molecular formula is C13H12N4OS. The fourth-order valence-corrected chi connectivity index (χ4v) is 2.34. The lowest BCUT2D eigenvalue weighted by Gasteiger charge is -2.30. The molecular weight excluding hydrogens is 260 g/mol. The Bertz CT molecular complexity index is 696. The molecule has 5 nitrogen and oxygen atoms in total. The molecule has 1 unspecified atom stereocenters. The van der Waals surface area contributed by atoms with Gasteiger partial charge in [-0.3, -0.25) is 9.36 Å². The van der Waals surface area contributed by atoms with Crippen LogP contribution in [0.2, 0.25) is 0 Å². The number of nitrogens with one attached hydrogen (secondary N) is 2. The van der Waals surface area contributed by atoms with Crippen LogP contribution >= 0.6 is 12.2 Å². The third-order valence-corrected chi connectivity index (χ3v) is 3.17. The molecule has 0 amide bonds. The van der Waals surface area contributed by atoms with Gasteiger partial charge in [-0.2, -0.15) is 0 Å². The minimum absolute atomic E-state index is 0.112. The normalized spacial score (nSPS) is 17.3. The van der Waals surface area contributed by atoms with Gasteiger partial charge in [-0.05, 0) is 24.7 Å². The van der Waals surface area contributed by atoms with Crippen LogP contribution in [0, 0.1) is 6.92 Å². The Balaban J connectivity index is 2.20. The van der Waals surface area contributed by atoms with Crippen LogP contribution in [0.5, 0.6) is 0 Å². The van der Waals surface area contributed by atoms with E-state index in [2.05, 4.69) is 15.6 Å². The van der Waals surface area contributed by atoms with E-state index in [-0.39, 0.29) is 11.7 Å². The van der Waals surface area contributed by atoms with Gasteiger partial charge in [0.2, 0.25) is 5.95 Å². The van der Waals surface area contributed by atoms with Crippen molar-refractivity contribution < 1.29 is 0 Å². The van der Waals surface area contributed by atoms with Crippen LogP contribution < -0.4 is 16.2 Å². The van der Waals surface area contributed by atoms with Gasteiger partial charge >= 0.3 is 0 Å². The van der Waals surface area contributed by atoms with Gasteiger partial charge in [0.1, 0.15) is 6.17 Å². The lowest BCUT2D eigenvalue weighted by molar-refractivity contribution is 0.520. The van der Waals surface area contributed by atoms with Crippen molar-refractivity contribution in [2.45, 2.75) is 13.1 Å². The summed E-state index contributed by atoms with van der Waals surface area (Å²) in [4.78, 5) is 16.5. The molecule has 0 saturated heterocycles. The van der Waals surface area contributed by atoms with E-state index in [0.717, 1.165) is 5.56 Å². The fraction of sp³-hybridized carbons (Fsp3) is 0.154. The van der Waals surface area contributed by atoms with Crippen molar-refractivity contribution in [3.05, 3.63) is 58.0 Å². The number of rotatable bonds is 1. The molecule has 1 atom stereocenters. The van der Waals surface area contributed by atoms with E-state index < -0.39 is 0 Å². The fourth-order valence-electron chi connectivity index (χ4n) is 2.14. The molecule has 1 aromatic heterocycles. The second-order valence-electron chi connectivity index (χ2n) is 4.34. The van der Waals surface area contributed by atoms with Crippen molar-refractivity contribution >= 4 is 23.3 Å². The lowest BCUT2D eigenvalue weighted by atomic mass is 10.1. The summed E-state index contributed by atoms with van der Waals surface area (Å²) in [5, 5.41) is 6.47. The first-order chi connectivity index (χ1) is 9.15. The second kappa shape index (κ2) is 4.47. The maximum Gasteiger partial charge on any atom is 0.257 e. The van der Waals surface area contributed by atoms with E-state index in [9.17, 15) is 4.79 Å². The number of fused-ring (bicyclic) bond motifs is 1. The number of thiocarbonyl (C=S) groups is 1. The molecule has 2 heterocycles. The van der Waals surface area contributed by atoms with Crippen molar-refractivity contribution in [2.24, 2.45) is 0 Å². The Labute approximate surface area is 115 Å². The van der Waals surface area contributed by atoms with Crippen LogP contribution in [0.1, 0.15) is 17.4 Å². The van der Waals surface area contributed by atoms with Gasteiger partial charge in [-0.1, -0.05) is 30.3 Å². The maximum atomic E-state index is 12.2. The average molecular weight is 272 g/mol. The maximum absolute atomic E-state index is 12.2. The summed E-state index contributed by atoms with van der Waals surface area (Å²) in [6.07, 6.45) is -0.328. The Morgan fingerprint density at radius 1 is 1.32 bits per heavy atom. The first-order valence-electron chi connectivity index (χ1n) is 5.88. The Morgan fingerprint density at radius 3 is 2.79 bits per heavy atom. The summed E-state index contributed by atoms with van der Waals surface area (Å²) >= 11 is 5.17. The number of aryl methyl sites for hydroxylation is 1. The van der Waals surface area contributed by atoms with Crippen LogP contribution in [0.4, 0.5) is 5.95 Å². The van der Waals surface area contributed by atoms with Crippen LogP contribution in [0.25, 0.3) is 0 Å². The van der Waals surface area contributed by atoms with Crippen molar-refractivity contribution in [1.82, 2.24) is 14.9 Å². The molecule has 0 spiro atoms. The minimum Gasteiger partial charge on any atom is -0.338 e. The van der Waals surface area contributed by atoms with Crippen molar-refractivity contribution in [3.63, 3.8) is 0 Å². The van der Waals surface area contributed by atoms with Gasteiger partial charge in [-0.15, -0.1) is 0 Å². The van der Waals surface area contributed by atoms with E-state index in [1.165, 1.54) is 6.07 Å². The molecule has 2 N–H and O–H groups in total. The molecule has 6 heteroatoms. The topological polar surface area (TPSA) is 59.0 Å². The van der Waals surface area contributed by atoms with Crippen molar-refractivity contribution in [3.8, 4) is 0 Å². The average Bonchev–Trinajstić information content (AvgIpc) is 2.38. The van der Waals surface area contributed by atoms with Gasteiger partial charge in [0.15, 0.2) is 5.11 Å². The van der Waals surface area contributed by atoms with Crippen molar-refractivity contribution in [1.29, 1.82) is 0 Å². The Hall–Kier alpha value is -2.21. The zero-order chi connectivity index (χ0) is 13.4. The molecule has 96 valence electrons. The zero-order valence-electron chi connectivity index (χ0n) is 10.3. The molecule has 1 aliphatic rings. The van der Waals surface area contributed by atoms with E-state index in [1.54, 1.807) is 11.5 Å². The highest BCUT2D eigenvalue weighted by molar-refractivity contribution is 7.80. The SMILES string of the molecule is Cc1cc(=O)n2c(n1)NC(=S)NC2c1ccccc1. The number of hydrogen-bond acceptors (Lipinski definition) is 3. The third kappa shape index (κ3) is 2.10. The summed E-state index contributed by atoms with van der Waals surface area (Å²) in [5.74, 6) is 0.475. The standard InChI is InChI=1S/C13H12N4OS/c1-8-7-10(18)17-11(9-5-3-2-4-6-9)15-13(19)16-12(17)14-8/h2-7,11H,1H3,(H2,14,15,16,19). The van der Waals surface area contributed by atoms with Crippen LogP contribution in [0.15, 0.2) is 41.2 Å². The van der Waals surface area contributed by atoms with Gasteiger partial charge in [0.25, 0.3) is 5.56 Å². The summed E-state index contributed by atoms with van der Waals surface area (Å²) in [7, 11) is 0.